The van der Waals surface area contributed by atoms with E-state index < -0.39 is 0 Å². The largest absolute Gasteiger partial charge is 0.330 e. The van der Waals surface area contributed by atoms with Crippen molar-refractivity contribution in [3.8, 4) is 0 Å². The predicted octanol–water partition coefficient (Wildman–Crippen LogP) is 4.30. The smallest absolute Gasteiger partial charge is 0.223 e. The zero-order valence-corrected chi connectivity index (χ0v) is 15.5. The molecule has 0 aliphatic rings. The number of aromatic nitrogens is 3. The molecule has 0 saturated heterocycles. The van der Waals surface area contributed by atoms with Gasteiger partial charge in [-0.05, 0) is 24.6 Å². The standard InChI is InChI=1S/C15H15N5OS3/c1-9-4-3-5-11(6-9)17-14-19-20-15(24-14)23-8-12-7-22-13(18-12)16-10(2)21/h3-7H,8H2,1-2H3,(H,17,19)(H,16,18,21). The number of nitrogens with zero attached hydrogens (tertiary/aromatic N) is 3. The summed E-state index contributed by atoms with van der Waals surface area (Å²) in [6.45, 7) is 3.52. The van der Waals surface area contributed by atoms with Gasteiger partial charge >= 0.3 is 0 Å². The molecule has 0 saturated carbocycles. The fraction of sp³-hybridized carbons (Fsp3) is 0.200. The summed E-state index contributed by atoms with van der Waals surface area (Å²) in [5, 5.41) is 17.6. The van der Waals surface area contributed by atoms with Gasteiger partial charge in [0.25, 0.3) is 0 Å². The summed E-state index contributed by atoms with van der Waals surface area (Å²) in [6, 6.07) is 8.12. The molecule has 9 heteroatoms. The number of rotatable bonds is 6. The molecule has 2 heterocycles. The van der Waals surface area contributed by atoms with Gasteiger partial charge < -0.3 is 10.6 Å². The van der Waals surface area contributed by atoms with Crippen LogP contribution >= 0.6 is 34.4 Å². The van der Waals surface area contributed by atoms with E-state index in [0.29, 0.717) is 10.9 Å². The van der Waals surface area contributed by atoms with E-state index in [0.717, 1.165) is 20.9 Å². The minimum absolute atomic E-state index is 0.112. The molecule has 0 fully saturated rings. The van der Waals surface area contributed by atoms with E-state index in [1.165, 1.54) is 35.2 Å². The Bertz CT molecular complexity index is 845. The second kappa shape index (κ2) is 7.73. The molecule has 1 aromatic carbocycles. The van der Waals surface area contributed by atoms with E-state index in [1.54, 1.807) is 11.8 Å². The van der Waals surface area contributed by atoms with Crippen LogP contribution in [0.15, 0.2) is 34.0 Å². The van der Waals surface area contributed by atoms with E-state index in [9.17, 15) is 4.79 Å². The molecule has 24 heavy (non-hydrogen) atoms. The number of carbonyl (C=O) groups is 1. The number of benzene rings is 1. The fourth-order valence-corrected chi connectivity index (χ4v) is 4.41. The first-order chi connectivity index (χ1) is 11.6. The number of nitrogens with one attached hydrogen (secondary N) is 2. The number of hydrogen-bond donors (Lipinski definition) is 2. The number of thiazole rings is 1. The molecule has 0 aliphatic carbocycles. The topological polar surface area (TPSA) is 79.8 Å². The molecule has 0 aliphatic heterocycles. The lowest BCUT2D eigenvalue weighted by molar-refractivity contribution is -0.114. The van der Waals surface area contributed by atoms with Crippen molar-refractivity contribution < 1.29 is 4.79 Å². The van der Waals surface area contributed by atoms with E-state index in [1.807, 2.05) is 17.5 Å². The Kier molecular flexibility index (Phi) is 5.44. The van der Waals surface area contributed by atoms with E-state index in [2.05, 4.69) is 44.9 Å². The molecule has 0 unspecified atom stereocenters. The first-order valence-electron chi connectivity index (χ1n) is 7.10. The minimum Gasteiger partial charge on any atom is -0.330 e. The van der Waals surface area contributed by atoms with Crippen LogP contribution in [0.4, 0.5) is 16.0 Å². The first-order valence-corrected chi connectivity index (χ1v) is 9.78. The Labute approximate surface area is 151 Å². The fourth-order valence-electron chi connectivity index (χ4n) is 1.88. The number of aryl methyl sites for hydroxylation is 1. The highest BCUT2D eigenvalue weighted by atomic mass is 32.2. The molecule has 0 bridgehead atoms. The summed E-state index contributed by atoms with van der Waals surface area (Å²) in [5.74, 6) is 0.578. The maximum absolute atomic E-state index is 11.0. The van der Waals surface area contributed by atoms with Crippen LogP contribution < -0.4 is 10.6 Å². The van der Waals surface area contributed by atoms with Crippen molar-refractivity contribution in [2.24, 2.45) is 0 Å². The average Bonchev–Trinajstić information content (AvgIpc) is 3.14. The van der Waals surface area contributed by atoms with E-state index >= 15 is 0 Å². The summed E-state index contributed by atoms with van der Waals surface area (Å²) in [7, 11) is 0. The van der Waals surface area contributed by atoms with Gasteiger partial charge in [-0.2, -0.15) is 0 Å². The van der Waals surface area contributed by atoms with Crippen molar-refractivity contribution in [1.29, 1.82) is 0 Å². The third-order valence-corrected chi connectivity index (χ3v) is 5.67. The Morgan fingerprint density at radius 2 is 2.17 bits per heavy atom. The molecule has 2 N–H and O–H groups in total. The maximum atomic E-state index is 11.0. The Balaban J connectivity index is 1.56. The van der Waals surface area contributed by atoms with Gasteiger partial charge in [0.15, 0.2) is 9.47 Å². The highest BCUT2D eigenvalue weighted by Crippen LogP contribution is 2.30. The molecule has 2 aromatic heterocycles. The molecule has 0 spiro atoms. The monoisotopic (exact) mass is 377 g/mol. The first kappa shape index (κ1) is 16.9. The average molecular weight is 378 g/mol. The van der Waals surface area contributed by atoms with Crippen LogP contribution in [0.5, 0.6) is 0 Å². The Morgan fingerprint density at radius 3 is 2.96 bits per heavy atom. The zero-order chi connectivity index (χ0) is 16.9. The molecule has 6 nitrogen and oxygen atoms in total. The summed E-state index contributed by atoms with van der Waals surface area (Å²) >= 11 is 4.50. The lowest BCUT2D eigenvalue weighted by Gasteiger charge is -2.01. The van der Waals surface area contributed by atoms with Crippen LogP contribution in [0.25, 0.3) is 0 Å². The highest BCUT2D eigenvalue weighted by Gasteiger charge is 2.08. The highest BCUT2D eigenvalue weighted by molar-refractivity contribution is 8.00. The Morgan fingerprint density at radius 1 is 1.29 bits per heavy atom. The number of amides is 1. The summed E-state index contributed by atoms with van der Waals surface area (Å²) < 4.78 is 0.874. The van der Waals surface area contributed by atoms with E-state index in [4.69, 9.17) is 0 Å². The van der Waals surface area contributed by atoms with Gasteiger partial charge in [0.05, 0.1) is 5.69 Å². The number of thioether (sulfide) groups is 1. The molecular weight excluding hydrogens is 362 g/mol. The minimum atomic E-state index is -0.112. The van der Waals surface area contributed by atoms with Crippen molar-refractivity contribution in [1.82, 2.24) is 15.2 Å². The van der Waals surface area contributed by atoms with Gasteiger partial charge in [0, 0.05) is 23.7 Å². The third kappa shape index (κ3) is 4.76. The second-order valence-corrected chi connectivity index (χ2v) is 8.04. The van der Waals surface area contributed by atoms with Crippen molar-refractivity contribution >= 4 is 56.3 Å². The zero-order valence-electron chi connectivity index (χ0n) is 13.1. The van der Waals surface area contributed by atoms with Crippen LogP contribution in [-0.4, -0.2) is 21.1 Å². The van der Waals surface area contributed by atoms with Crippen LogP contribution in [0.1, 0.15) is 18.2 Å². The SMILES string of the molecule is CC(=O)Nc1nc(CSc2nnc(Nc3cccc(C)c3)s2)cs1. The number of hydrogen-bond acceptors (Lipinski definition) is 8. The van der Waals surface area contributed by atoms with Crippen molar-refractivity contribution in [2.75, 3.05) is 10.6 Å². The summed E-state index contributed by atoms with van der Waals surface area (Å²) in [5.41, 5.74) is 3.11. The molecule has 1 amide bonds. The normalized spacial score (nSPS) is 10.6. The van der Waals surface area contributed by atoms with Crippen LogP contribution in [0, 0.1) is 6.92 Å². The van der Waals surface area contributed by atoms with Crippen molar-refractivity contribution in [3.63, 3.8) is 0 Å². The van der Waals surface area contributed by atoms with Crippen LogP contribution in [0.3, 0.4) is 0 Å². The van der Waals surface area contributed by atoms with Gasteiger partial charge in [0.1, 0.15) is 0 Å². The molecule has 124 valence electrons. The van der Waals surface area contributed by atoms with Gasteiger partial charge in [-0.3, -0.25) is 4.79 Å². The molecule has 3 rings (SSSR count). The lowest BCUT2D eigenvalue weighted by atomic mass is 10.2. The maximum Gasteiger partial charge on any atom is 0.223 e. The van der Waals surface area contributed by atoms with Crippen LogP contribution in [0.2, 0.25) is 0 Å². The second-order valence-electron chi connectivity index (χ2n) is 4.98. The van der Waals surface area contributed by atoms with Crippen molar-refractivity contribution in [3.05, 3.63) is 40.9 Å². The summed E-state index contributed by atoms with van der Waals surface area (Å²) in [4.78, 5) is 15.4. The van der Waals surface area contributed by atoms with Gasteiger partial charge in [-0.15, -0.1) is 21.5 Å². The molecular formula is C15H15N5OS3. The van der Waals surface area contributed by atoms with Gasteiger partial charge in [-0.1, -0.05) is 35.2 Å². The quantitative estimate of drug-likeness (QED) is 0.624. The molecule has 0 atom stereocenters. The Hall–Kier alpha value is -1.97. The lowest BCUT2D eigenvalue weighted by Crippen LogP contribution is -2.05. The van der Waals surface area contributed by atoms with E-state index in [-0.39, 0.29) is 5.91 Å². The van der Waals surface area contributed by atoms with Gasteiger partial charge in [-0.25, -0.2) is 4.98 Å². The molecule has 3 aromatic rings. The van der Waals surface area contributed by atoms with Gasteiger partial charge in [0.2, 0.25) is 11.0 Å². The van der Waals surface area contributed by atoms with Crippen LogP contribution in [-0.2, 0) is 10.5 Å². The van der Waals surface area contributed by atoms with Crippen molar-refractivity contribution in [2.45, 2.75) is 23.9 Å². The molecule has 0 radical (unpaired) electrons. The number of anilines is 3. The third-order valence-electron chi connectivity index (χ3n) is 2.85. The summed E-state index contributed by atoms with van der Waals surface area (Å²) in [6.07, 6.45) is 0. The number of carbonyl (C=O) groups excluding carboxylic acids is 1. The predicted molar refractivity (Wildman–Crippen MR) is 100 cm³/mol.